The molecule has 3 fully saturated rings. The number of likely N-dealkylation sites (tertiary alicyclic amines) is 1. The molecule has 0 aromatic rings. The third-order valence-electron chi connectivity index (χ3n) is 5.46. The monoisotopic (exact) mass is 266 g/mol. The molecule has 0 aromatic carbocycles. The average Bonchev–Trinajstić information content (AvgIpc) is 3.03. The zero-order valence-electron chi connectivity index (χ0n) is 11.4. The summed E-state index contributed by atoms with van der Waals surface area (Å²) in [5, 5.41) is 4.62. The molecule has 1 N–H and O–H groups in total. The lowest BCUT2D eigenvalue weighted by Crippen LogP contribution is -2.48. The van der Waals surface area contributed by atoms with Crippen LogP contribution in [-0.4, -0.2) is 29.1 Å². The van der Waals surface area contributed by atoms with Crippen molar-refractivity contribution < 1.29 is 0 Å². The third kappa shape index (κ3) is 2.66. The fourth-order valence-corrected chi connectivity index (χ4v) is 4.49. The van der Waals surface area contributed by atoms with Gasteiger partial charge in [0.25, 0.3) is 0 Å². The number of rotatable bonds is 1. The van der Waals surface area contributed by atoms with Crippen LogP contribution >= 0.6 is 12.2 Å². The number of thiocarbonyl (C=S) groups is 1. The molecule has 2 nitrogen and oxygen atoms in total. The lowest BCUT2D eigenvalue weighted by Gasteiger charge is -2.41. The molecule has 2 saturated carbocycles. The first-order chi connectivity index (χ1) is 8.77. The van der Waals surface area contributed by atoms with E-state index in [4.69, 9.17) is 12.2 Å². The summed E-state index contributed by atoms with van der Waals surface area (Å²) in [5.41, 5.74) is 0.708. The van der Waals surface area contributed by atoms with Gasteiger partial charge in [-0.2, -0.15) is 0 Å². The Morgan fingerprint density at radius 3 is 2.17 bits per heavy atom. The molecule has 1 saturated heterocycles. The van der Waals surface area contributed by atoms with Gasteiger partial charge in [0.15, 0.2) is 5.11 Å². The highest BCUT2D eigenvalue weighted by Crippen LogP contribution is 2.46. The summed E-state index contributed by atoms with van der Waals surface area (Å²) in [5.74, 6) is 0. The molecule has 1 heterocycles. The molecule has 102 valence electrons. The van der Waals surface area contributed by atoms with Crippen molar-refractivity contribution in [3.8, 4) is 0 Å². The smallest absolute Gasteiger partial charge is 0.169 e. The molecule has 0 amide bonds. The van der Waals surface area contributed by atoms with Crippen LogP contribution in [0.25, 0.3) is 0 Å². The molecule has 0 atom stereocenters. The Kier molecular flexibility index (Phi) is 3.78. The molecule has 18 heavy (non-hydrogen) atoms. The molecular formula is C15H26N2S. The largest absolute Gasteiger partial charge is 0.360 e. The molecule has 3 rings (SSSR count). The Bertz CT molecular complexity index is 294. The lowest BCUT2D eigenvalue weighted by atomic mass is 9.77. The van der Waals surface area contributed by atoms with Crippen molar-refractivity contribution in [3.63, 3.8) is 0 Å². The topological polar surface area (TPSA) is 15.3 Å². The molecule has 0 bridgehead atoms. The van der Waals surface area contributed by atoms with Gasteiger partial charge in [0, 0.05) is 19.1 Å². The first-order valence-electron chi connectivity index (χ1n) is 7.83. The van der Waals surface area contributed by atoms with Gasteiger partial charge in [0.05, 0.1) is 0 Å². The van der Waals surface area contributed by atoms with Crippen molar-refractivity contribution in [1.82, 2.24) is 10.2 Å². The van der Waals surface area contributed by atoms with Gasteiger partial charge >= 0.3 is 0 Å². The van der Waals surface area contributed by atoms with E-state index in [2.05, 4.69) is 10.2 Å². The van der Waals surface area contributed by atoms with Gasteiger partial charge in [-0.05, 0) is 56.2 Å². The van der Waals surface area contributed by atoms with E-state index in [9.17, 15) is 0 Å². The molecule has 1 spiro atoms. The van der Waals surface area contributed by atoms with Crippen LogP contribution in [0.1, 0.15) is 64.2 Å². The van der Waals surface area contributed by atoms with E-state index in [-0.39, 0.29) is 0 Å². The third-order valence-corrected chi connectivity index (χ3v) is 5.83. The van der Waals surface area contributed by atoms with E-state index >= 15 is 0 Å². The van der Waals surface area contributed by atoms with Crippen LogP contribution in [0.3, 0.4) is 0 Å². The summed E-state index contributed by atoms with van der Waals surface area (Å²) in [7, 11) is 0. The van der Waals surface area contributed by atoms with Crippen molar-refractivity contribution in [3.05, 3.63) is 0 Å². The first-order valence-corrected chi connectivity index (χ1v) is 8.24. The normalized spacial score (nSPS) is 27.9. The standard InChI is InChI=1S/C15H26N2S/c18-14(16-13-5-1-2-6-13)17-11-9-15(10-12-17)7-3-4-8-15/h13H,1-12H2,(H,16,18). The van der Waals surface area contributed by atoms with E-state index in [1.165, 1.54) is 77.3 Å². The Hall–Kier alpha value is -0.310. The summed E-state index contributed by atoms with van der Waals surface area (Å²) in [6.07, 6.45) is 14.0. The lowest BCUT2D eigenvalue weighted by molar-refractivity contribution is 0.152. The Balaban J connectivity index is 1.48. The van der Waals surface area contributed by atoms with Crippen LogP contribution in [0.5, 0.6) is 0 Å². The summed E-state index contributed by atoms with van der Waals surface area (Å²) in [6.45, 7) is 2.39. The quantitative estimate of drug-likeness (QED) is 0.732. The molecule has 1 aliphatic heterocycles. The molecule has 3 heteroatoms. The van der Waals surface area contributed by atoms with Crippen molar-refractivity contribution in [2.24, 2.45) is 5.41 Å². The second-order valence-corrected chi connectivity index (χ2v) is 7.01. The van der Waals surface area contributed by atoms with E-state index in [1.807, 2.05) is 0 Å². The average molecular weight is 266 g/mol. The molecule has 0 radical (unpaired) electrons. The highest BCUT2D eigenvalue weighted by Gasteiger charge is 2.37. The highest BCUT2D eigenvalue weighted by atomic mass is 32.1. The molecule has 3 aliphatic rings. The fraction of sp³-hybridized carbons (Fsp3) is 0.933. The molecular weight excluding hydrogens is 240 g/mol. The van der Waals surface area contributed by atoms with Crippen molar-refractivity contribution >= 4 is 17.3 Å². The van der Waals surface area contributed by atoms with E-state index < -0.39 is 0 Å². The summed E-state index contributed by atoms with van der Waals surface area (Å²) >= 11 is 5.59. The SMILES string of the molecule is S=C(NC1CCCC1)N1CCC2(CCCC2)CC1. The van der Waals surface area contributed by atoms with Gasteiger partial charge < -0.3 is 10.2 Å². The van der Waals surface area contributed by atoms with Crippen LogP contribution < -0.4 is 5.32 Å². The minimum Gasteiger partial charge on any atom is -0.360 e. The summed E-state index contributed by atoms with van der Waals surface area (Å²) < 4.78 is 0. The maximum absolute atomic E-state index is 5.59. The van der Waals surface area contributed by atoms with E-state index in [0.717, 1.165) is 5.11 Å². The van der Waals surface area contributed by atoms with Crippen molar-refractivity contribution in [1.29, 1.82) is 0 Å². The van der Waals surface area contributed by atoms with Gasteiger partial charge in [0.1, 0.15) is 0 Å². The Morgan fingerprint density at radius 1 is 0.944 bits per heavy atom. The van der Waals surface area contributed by atoms with Crippen molar-refractivity contribution in [2.45, 2.75) is 70.3 Å². The molecule has 0 unspecified atom stereocenters. The highest BCUT2D eigenvalue weighted by molar-refractivity contribution is 7.80. The van der Waals surface area contributed by atoms with Gasteiger partial charge in [-0.25, -0.2) is 0 Å². The van der Waals surface area contributed by atoms with Gasteiger partial charge in [0.2, 0.25) is 0 Å². The number of piperidine rings is 1. The maximum Gasteiger partial charge on any atom is 0.169 e. The van der Waals surface area contributed by atoms with Gasteiger partial charge in [-0.15, -0.1) is 0 Å². The minimum atomic E-state index is 0.667. The number of hydrogen-bond acceptors (Lipinski definition) is 1. The fourth-order valence-electron chi connectivity index (χ4n) is 4.15. The van der Waals surface area contributed by atoms with Gasteiger partial charge in [-0.3, -0.25) is 0 Å². The van der Waals surface area contributed by atoms with Crippen LogP contribution in [0, 0.1) is 5.41 Å². The number of nitrogens with one attached hydrogen (secondary N) is 1. The zero-order valence-corrected chi connectivity index (χ0v) is 12.2. The number of nitrogens with zero attached hydrogens (tertiary/aromatic N) is 1. The predicted octanol–water partition coefficient (Wildman–Crippen LogP) is 3.46. The summed E-state index contributed by atoms with van der Waals surface area (Å²) in [4.78, 5) is 2.43. The van der Waals surface area contributed by atoms with E-state index in [0.29, 0.717) is 11.5 Å². The van der Waals surface area contributed by atoms with Crippen LogP contribution in [-0.2, 0) is 0 Å². The minimum absolute atomic E-state index is 0.667. The van der Waals surface area contributed by atoms with Crippen LogP contribution in [0.15, 0.2) is 0 Å². The van der Waals surface area contributed by atoms with Crippen LogP contribution in [0.2, 0.25) is 0 Å². The van der Waals surface area contributed by atoms with Crippen LogP contribution in [0.4, 0.5) is 0 Å². The summed E-state index contributed by atoms with van der Waals surface area (Å²) in [6, 6.07) is 0.667. The maximum atomic E-state index is 5.59. The molecule has 2 aliphatic carbocycles. The zero-order chi connectivity index (χ0) is 12.4. The number of hydrogen-bond donors (Lipinski definition) is 1. The predicted molar refractivity (Wildman–Crippen MR) is 79.7 cm³/mol. The Labute approximate surface area is 116 Å². The molecule has 0 aromatic heterocycles. The van der Waals surface area contributed by atoms with Gasteiger partial charge in [-0.1, -0.05) is 25.7 Å². The van der Waals surface area contributed by atoms with E-state index in [1.54, 1.807) is 0 Å². The first kappa shape index (κ1) is 12.7. The van der Waals surface area contributed by atoms with Crippen molar-refractivity contribution in [2.75, 3.05) is 13.1 Å². The second kappa shape index (κ2) is 5.36. The Morgan fingerprint density at radius 2 is 1.56 bits per heavy atom. The second-order valence-electron chi connectivity index (χ2n) is 6.63.